The minimum atomic E-state index is -1.11. The SMILES string of the molecule is C=CCC[C@H](NC(=O)CNC(=O)c1ccccc1)C(=O)O. The quantitative estimate of drug-likeness (QED) is 0.621. The van der Waals surface area contributed by atoms with Crippen LogP contribution in [0.2, 0.25) is 0 Å². The largest absolute Gasteiger partial charge is 0.480 e. The summed E-state index contributed by atoms with van der Waals surface area (Å²) >= 11 is 0. The second-order valence-corrected chi connectivity index (χ2v) is 4.37. The molecule has 0 bridgehead atoms. The van der Waals surface area contributed by atoms with Crippen LogP contribution in [0.3, 0.4) is 0 Å². The number of hydrogen-bond acceptors (Lipinski definition) is 3. The van der Waals surface area contributed by atoms with Gasteiger partial charge >= 0.3 is 5.97 Å². The molecule has 6 nitrogen and oxygen atoms in total. The molecule has 0 saturated heterocycles. The van der Waals surface area contributed by atoms with Crippen molar-refractivity contribution in [2.75, 3.05) is 6.54 Å². The van der Waals surface area contributed by atoms with Gasteiger partial charge in [-0.05, 0) is 25.0 Å². The topological polar surface area (TPSA) is 95.5 Å². The van der Waals surface area contributed by atoms with E-state index in [1.807, 2.05) is 0 Å². The van der Waals surface area contributed by atoms with Crippen molar-refractivity contribution in [1.82, 2.24) is 10.6 Å². The molecule has 2 amide bonds. The van der Waals surface area contributed by atoms with E-state index in [2.05, 4.69) is 17.2 Å². The van der Waals surface area contributed by atoms with E-state index in [0.717, 1.165) is 0 Å². The lowest BCUT2D eigenvalue weighted by Crippen LogP contribution is -2.45. The fourth-order valence-electron chi connectivity index (χ4n) is 1.64. The Labute approximate surface area is 122 Å². The molecule has 0 heterocycles. The lowest BCUT2D eigenvalue weighted by atomic mass is 10.1. The number of nitrogens with one attached hydrogen (secondary N) is 2. The van der Waals surface area contributed by atoms with E-state index in [-0.39, 0.29) is 18.9 Å². The standard InChI is InChI=1S/C15H18N2O4/c1-2-3-9-12(15(20)21)17-13(18)10-16-14(19)11-7-5-4-6-8-11/h2,4-8,12H,1,3,9-10H2,(H,16,19)(H,17,18)(H,20,21)/t12-/m0/s1. The Kier molecular flexibility index (Phi) is 6.67. The molecule has 1 atom stereocenters. The summed E-state index contributed by atoms with van der Waals surface area (Å²) in [5, 5.41) is 13.8. The lowest BCUT2D eigenvalue weighted by molar-refractivity contribution is -0.141. The minimum absolute atomic E-state index is 0.261. The number of carboxylic acid groups (broad SMARTS) is 1. The van der Waals surface area contributed by atoms with E-state index < -0.39 is 17.9 Å². The molecule has 0 aliphatic rings. The third-order valence-electron chi connectivity index (χ3n) is 2.74. The highest BCUT2D eigenvalue weighted by Gasteiger charge is 2.19. The molecule has 0 fully saturated rings. The van der Waals surface area contributed by atoms with Gasteiger partial charge in [0, 0.05) is 5.56 Å². The highest BCUT2D eigenvalue weighted by molar-refractivity contribution is 5.96. The van der Waals surface area contributed by atoms with Crippen LogP contribution in [0.25, 0.3) is 0 Å². The average molecular weight is 290 g/mol. The van der Waals surface area contributed by atoms with E-state index in [1.54, 1.807) is 36.4 Å². The van der Waals surface area contributed by atoms with Crippen molar-refractivity contribution in [3.63, 3.8) is 0 Å². The predicted octanol–water partition coefficient (Wildman–Crippen LogP) is 0.952. The van der Waals surface area contributed by atoms with Gasteiger partial charge in [0.2, 0.25) is 5.91 Å². The molecule has 0 spiro atoms. The van der Waals surface area contributed by atoms with Gasteiger partial charge in [0.05, 0.1) is 6.54 Å². The molecule has 1 rings (SSSR count). The fourth-order valence-corrected chi connectivity index (χ4v) is 1.64. The predicted molar refractivity (Wildman–Crippen MR) is 77.8 cm³/mol. The van der Waals surface area contributed by atoms with Crippen LogP contribution in [0.15, 0.2) is 43.0 Å². The van der Waals surface area contributed by atoms with Gasteiger partial charge < -0.3 is 15.7 Å². The lowest BCUT2D eigenvalue weighted by Gasteiger charge is -2.13. The van der Waals surface area contributed by atoms with Crippen LogP contribution < -0.4 is 10.6 Å². The van der Waals surface area contributed by atoms with Gasteiger partial charge in [0.15, 0.2) is 0 Å². The van der Waals surface area contributed by atoms with Gasteiger partial charge in [-0.1, -0.05) is 24.3 Å². The Hall–Kier alpha value is -2.63. The third-order valence-corrected chi connectivity index (χ3v) is 2.74. The number of carboxylic acids is 1. The summed E-state index contributed by atoms with van der Waals surface area (Å²) in [5.41, 5.74) is 0.437. The number of hydrogen-bond donors (Lipinski definition) is 3. The Bertz CT molecular complexity index is 514. The first-order valence-corrected chi connectivity index (χ1v) is 6.51. The minimum Gasteiger partial charge on any atom is -0.480 e. The molecule has 3 N–H and O–H groups in total. The molecular formula is C15H18N2O4. The van der Waals surface area contributed by atoms with Crippen molar-refractivity contribution >= 4 is 17.8 Å². The molecule has 0 aromatic heterocycles. The Morgan fingerprint density at radius 2 is 1.90 bits per heavy atom. The molecule has 0 aliphatic heterocycles. The normalized spacial score (nSPS) is 11.2. The zero-order chi connectivity index (χ0) is 15.7. The number of rotatable bonds is 8. The third kappa shape index (κ3) is 5.90. The van der Waals surface area contributed by atoms with Gasteiger partial charge in [0.25, 0.3) is 5.91 Å². The summed E-state index contributed by atoms with van der Waals surface area (Å²) in [4.78, 5) is 34.3. The van der Waals surface area contributed by atoms with Crippen LogP contribution in [0, 0.1) is 0 Å². The molecule has 112 valence electrons. The first-order chi connectivity index (χ1) is 10.0. The van der Waals surface area contributed by atoms with Crippen LogP contribution in [-0.4, -0.2) is 35.5 Å². The maximum Gasteiger partial charge on any atom is 0.326 e. The number of allylic oxidation sites excluding steroid dienone is 1. The van der Waals surface area contributed by atoms with Gasteiger partial charge in [-0.3, -0.25) is 9.59 Å². The molecule has 0 saturated carbocycles. The highest BCUT2D eigenvalue weighted by atomic mass is 16.4. The Morgan fingerprint density at radius 1 is 1.24 bits per heavy atom. The molecule has 0 radical (unpaired) electrons. The van der Waals surface area contributed by atoms with E-state index in [0.29, 0.717) is 12.0 Å². The maximum atomic E-state index is 11.7. The Balaban J connectivity index is 2.44. The molecule has 1 aromatic carbocycles. The first kappa shape index (κ1) is 16.4. The van der Waals surface area contributed by atoms with E-state index >= 15 is 0 Å². The van der Waals surface area contributed by atoms with Crippen LogP contribution in [-0.2, 0) is 9.59 Å². The zero-order valence-electron chi connectivity index (χ0n) is 11.5. The van der Waals surface area contributed by atoms with Gasteiger partial charge in [-0.25, -0.2) is 4.79 Å². The number of amides is 2. The zero-order valence-corrected chi connectivity index (χ0v) is 11.5. The van der Waals surface area contributed by atoms with Gasteiger partial charge in [-0.2, -0.15) is 0 Å². The number of benzene rings is 1. The summed E-state index contributed by atoms with van der Waals surface area (Å²) in [5.74, 6) is -2.04. The van der Waals surface area contributed by atoms with Crippen molar-refractivity contribution in [3.8, 4) is 0 Å². The first-order valence-electron chi connectivity index (χ1n) is 6.51. The number of carbonyl (C=O) groups excluding carboxylic acids is 2. The fraction of sp³-hybridized carbons (Fsp3) is 0.267. The number of carbonyl (C=O) groups is 3. The highest BCUT2D eigenvalue weighted by Crippen LogP contribution is 1.99. The summed E-state index contributed by atoms with van der Waals surface area (Å²) in [6, 6.07) is 7.47. The van der Waals surface area contributed by atoms with E-state index in [4.69, 9.17) is 5.11 Å². The molecule has 6 heteroatoms. The molecule has 0 unspecified atom stereocenters. The van der Waals surface area contributed by atoms with Crippen molar-refractivity contribution in [1.29, 1.82) is 0 Å². The monoisotopic (exact) mass is 290 g/mol. The number of aliphatic carboxylic acids is 1. The van der Waals surface area contributed by atoms with Crippen LogP contribution in [0.4, 0.5) is 0 Å². The summed E-state index contributed by atoms with van der Waals surface area (Å²) < 4.78 is 0. The van der Waals surface area contributed by atoms with E-state index in [9.17, 15) is 14.4 Å². The second kappa shape index (κ2) is 8.52. The van der Waals surface area contributed by atoms with Gasteiger partial charge in [0.1, 0.15) is 6.04 Å². The molecular weight excluding hydrogens is 272 g/mol. The summed E-state index contributed by atoms with van der Waals surface area (Å²) in [6.45, 7) is 3.23. The van der Waals surface area contributed by atoms with Crippen LogP contribution >= 0.6 is 0 Å². The molecule has 0 aliphatic carbocycles. The molecule has 1 aromatic rings. The van der Waals surface area contributed by atoms with Crippen molar-refractivity contribution < 1.29 is 19.5 Å². The van der Waals surface area contributed by atoms with Crippen molar-refractivity contribution in [2.24, 2.45) is 0 Å². The maximum absolute atomic E-state index is 11.7. The van der Waals surface area contributed by atoms with Crippen molar-refractivity contribution in [3.05, 3.63) is 48.6 Å². The van der Waals surface area contributed by atoms with Gasteiger partial charge in [-0.15, -0.1) is 6.58 Å². The average Bonchev–Trinajstić information content (AvgIpc) is 2.49. The van der Waals surface area contributed by atoms with Crippen LogP contribution in [0.1, 0.15) is 23.2 Å². The van der Waals surface area contributed by atoms with Crippen LogP contribution in [0.5, 0.6) is 0 Å². The second-order valence-electron chi connectivity index (χ2n) is 4.37. The summed E-state index contributed by atoms with van der Waals surface area (Å²) in [7, 11) is 0. The summed E-state index contributed by atoms with van der Waals surface area (Å²) in [6.07, 6.45) is 2.32. The smallest absolute Gasteiger partial charge is 0.326 e. The Morgan fingerprint density at radius 3 is 2.48 bits per heavy atom. The van der Waals surface area contributed by atoms with E-state index in [1.165, 1.54) is 0 Å². The van der Waals surface area contributed by atoms with Crippen molar-refractivity contribution in [2.45, 2.75) is 18.9 Å². The molecule has 21 heavy (non-hydrogen) atoms.